The van der Waals surface area contributed by atoms with Gasteiger partial charge in [0.2, 0.25) is 0 Å². The molecular weight excluding hydrogens is 230 g/mol. The van der Waals surface area contributed by atoms with Crippen molar-refractivity contribution in [2.75, 3.05) is 13.1 Å². The van der Waals surface area contributed by atoms with Crippen LogP contribution in [0.1, 0.15) is 62.0 Å². The van der Waals surface area contributed by atoms with Crippen LogP contribution in [0.25, 0.3) is 0 Å². The molecular formula is C18H27N. The van der Waals surface area contributed by atoms with Crippen molar-refractivity contribution in [1.82, 2.24) is 5.32 Å². The van der Waals surface area contributed by atoms with Crippen molar-refractivity contribution in [2.24, 2.45) is 5.92 Å². The van der Waals surface area contributed by atoms with Crippen LogP contribution in [0.15, 0.2) is 24.3 Å². The summed E-state index contributed by atoms with van der Waals surface area (Å²) in [4.78, 5) is 0. The van der Waals surface area contributed by atoms with Gasteiger partial charge in [0.25, 0.3) is 0 Å². The lowest BCUT2D eigenvalue weighted by atomic mass is 9.83. The summed E-state index contributed by atoms with van der Waals surface area (Å²) in [6.45, 7) is 2.44. The summed E-state index contributed by atoms with van der Waals surface area (Å²) in [5, 5.41) is 3.53. The van der Waals surface area contributed by atoms with E-state index in [0.29, 0.717) is 0 Å². The van der Waals surface area contributed by atoms with Gasteiger partial charge in [0.15, 0.2) is 0 Å². The topological polar surface area (TPSA) is 12.0 Å². The Hall–Kier alpha value is -0.820. The first-order chi connectivity index (χ1) is 9.42. The van der Waals surface area contributed by atoms with Crippen LogP contribution in [0.2, 0.25) is 0 Å². The van der Waals surface area contributed by atoms with Gasteiger partial charge in [-0.2, -0.15) is 0 Å². The molecule has 1 saturated heterocycles. The first-order valence-corrected chi connectivity index (χ1v) is 8.21. The van der Waals surface area contributed by atoms with Crippen LogP contribution in [0, 0.1) is 5.92 Å². The van der Waals surface area contributed by atoms with Crippen LogP contribution in [0.5, 0.6) is 0 Å². The zero-order valence-corrected chi connectivity index (χ0v) is 12.0. The standard InChI is InChI=1S/C18H27N/c1-2-8-17(9-3-1)18-10-4-6-15(13-18)12-16-7-5-11-19-14-16/h4,6,10,13,16-17,19H,1-3,5,7-9,11-12,14H2. The summed E-state index contributed by atoms with van der Waals surface area (Å²) < 4.78 is 0. The van der Waals surface area contributed by atoms with E-state index in [2.05, 4.69) is 29.6 Å². The Bertz CT molecular complexity index is 386. The van der Waals surface area contributed by atoms with E-state index in [1.807, 2.05) is 0 Å². The number of piperidine rings is 1. The van der Waals surface area contributed by atoms with Crippen LogP contribution in [-0.2, 0) is 6.42 Å². The molecule has 1 heteroatoms. The molecule has 0 amide bonds. The van der Waals surface area contributed by atoms with Gasteiger partial charge in [-0.25, -0.2) is 0 Å². The molecule has 0 bridgehead atoms. The molecule has 1 aromatic carbocycles. The maximum atomic E-state index is 3.53. The fourth-order valence-electron chi connectivity index (χ4n) is 3.84. The fraction of sp³-hybridized carbons (Fsp3) is 0.667. The summed E-state index contributed by atoms with van der Waals surface area (Å²) >= 11 is 0. The molecule has 0 aromatic heterocycles. The Kier molecular flexibility index (Phi) is 4.55. The Morgan fingerprint density at radius 3 is 2.68 bits per heavy atom. The quantitative estimate of drug-likeness (QED) is 0.852. The van der Waals surface area contributed by atoms with Gasteiger partial charge < -0.3 is 5.32 Å². The van der Waals surface area contributed by atoms with Gasteiger partial charge in [-0.1, -0.05) is 43.5 Å². The Morgan fingerprint density at radius 2 is 1.89 bits per heavy atom. The van der Waals surface area contributed by atoms with Crippen LogP contribution in [0.4, 0.5) is 0 Å². The lowest BCUT2D eigenvalue weighted by molar-refractivity contribution is 0.376. The first-order valence-electron chi connectivity index (χ1n) is 8.21. The summed E-state index contributed by atoms with van der Waals surface area (Å²) in [5.41, 5.74) is 3.18. The molecule has 1 N–H and O–H groups in total. The smallest absolute Gasteiger partial charge is 0.00173 e. The Morgan fingerprint density at radius 1 is 1.00 bits per heavy atom. The highest BCUT2D eigenvalue weighted by Gasteiger charge is 2.17. The van der Waals surface area contributed by atoms with E-state index in [4.69, 9.17) is 0 Å². The minimum Gasteiger partial charge on any atom is -0.316 e. The molecule has 1 heterocycles. The fourth-order valence-corrected chi connectivity index (χ4v) is 3.84. The third-order valence-corrected chi connectivity index (χ3v) is 4.95. The van der Waals surface area contributed by atoms with Crippen molar-refractivity contribution in [3.05, 3.63) is 35.4 Å². The number of nitrogens with one attached hydrogen (secondary N) is 1. The van der Waals surface area contributed by atoms with E-state index >= 15 is 0 Å². The SMILES string of the molecule is c1cc(CC2CCCNC2)cc(C2CCCCC2)c1. The molecule has 2 aliphatic rings. The van der Waals surface area contributed by atoms with E-state index in [0.717, 1.165) is 11.8 Å². The zero-order chi connectivity index (χ0) is 12.9. The molecule has 1 atom stereocenters. The average molecular weight is 257 g/mol. The summed E-state index contributed by atoms with van der Waals surface area (Å²) in [6, 6.07) is 9.49. The van der Waals surface area contributed by atoms with Gasteiger partial charge in [-0.15, -0.1) is 0 Å². The van der Waals surface area contributed by atoms with Crippen molar-refractivity contribution in [1.29, 1.82) is 0 Å². The largest absolute Gasteiger partial charge is 0.316 e. The molecule has 1 saturated carbocycles. The maximum Gasteiger partial charge on any atom is -0.00173 e. The van der Waals surface area contributed by atoms with Crippen molar-refractivity contribution in [2.45, 2.75) is 57.3 Å². The molecule has 1 aliphatic heterocycles. The van der Waals surface area contributed by atoms with Crippen molar-refractivity contribution < 1.29 is 0 Å². The molecule has 2 fully saturated rings. The van der Waals surface area contributed by atoms with Crippen LogP contribution in [-0.4, -0.2) is 13.1 Å². The van der Waals surface area contributed by atoms with Gasteiger partial charge in [0.05, 0.1) is 0 Å². The van der Waals surface area contributed by atoms with Crippen molar-refractivity contribution in [3.8, 4) is 0 Å². The minimum atomic E-state index is 0.846. The third kappa shape index (κ3) is 3.60. The molecule has 19 heavy (non-hydrogen) atoms. The Labute approximate surface area is 117 Å². The second kappa shape index (κ2) is 6.56. The van der Waals surface area contributed by atoms with Gasteiger partial charge in [-0.05, 0) is 68.2 Å². The highest BCUT2D eigenvalue weighted by atomic mass is 14.9. The summed E-state index contributed by atoms with van der Waals surface area (Å²) in [5.74, 6) is 1.70. The maximum absolute atomic E-state index is 3.53. The summed E-state index contributed by atoms with van der Waals surface area (Å²) in [7, 11) is 0. The minimum absolute atomic E-state index is 0.846. The average Bonchev–Trinajstić information content (AvgIpc) is 2.49. The summed E-state index contributed by atoms with van der Waals surface area (Å²) in [6.07, 6.45) is 11.2. The molecule has 0 spiro atoms. The van der Waals surface area contributed by atoms with Crippen molar-refractivity contribution in [3.63, 3.8) is 0 Å². The van der Waals surface area contributed by atoms with Crippen LogP contribution >= 0.6 is 0 Å². The van der Waals surface area contributed by atoms with Gasteiger partial charge in [0, 0.05) is 0 Å². The number of hydrogen-bond acceptors (Lipinski definition) is 1. The molecule has 1 unspecified atom stereocenters. The van der Waals surface area contributed by atoms with Gasteiger partial charge >= 0.3 is 0 Å². The van der Waals surface area contributed by atoms with E-state index in [-0.39, 0.29) is 0 Å². The van der Waals surface area contributed by atoms with E-state index in [1.165, 1.54) is 64.5 Å². The predicted molar refractivity (Wildman–Crippen MR) is 81.6 cm³/mol. The van der Waals surface area contributed by atoms with E-state index < -0.39 is 0 Å². The third-order valence-electron chi connectivity index (χ3n) is 4.95. The monoisotopic (exact) mass is 257 g/mol. The van der Waals surface area contributed by atoms with Gasteiger partial charge in [0.1, 0.15) is 0 Å². The number of rotatable bonds is 3. The molecule has 1 nitrogen and oxygen atoms in total. The molecule has 104 valence electrons. The normalized spacial score (nSPS) is 25.4. The highest BCUT2D eigenvalue weighted by Crippen LogP contribution is 2.33. The molecule has 1 aromatic rings. The van der Waals surface area contributed by atoms with Gasteiger partial charge in [-0.3, -0.25) is 0 Å². The lowest BCUT2D eigenvalue weighted by Gasteiger charge is -2.25. The second-order valence-electron chi connectivity index (χ2n) is 6.50. The van der Waals surface area contributed by atoms with Crippen molar-refractivity contribution >= 4 is 0 Å². The van der Waals surface area contributed by atoms with Crippen LogP contribution in [0.3, 0.4) is 0 Å². The molecule has 0 radical (unpaired) electrons. The first kappa shape index (κ1) is 13.2. The zero-order valence-electron chi connectivity index (χ0n) is 12.0. The van der Waals surface area contributed by atoms with E-state index in [1.54, 1.807) is 11.1 Å². The van der Waals surface area contributed by atoms with Crippen LogP contribution < -0.4 is 5.32 Å². The van der Waals surface area contributed by atoms with E-state index in [9.17, 15) is 0 Å². The number of benzene rings is 1. The second-order valence-corrected chi connectivity index (χ2v) is 6.50. The molecule has 1 aliphatic carbocycles. The lowest BCUT2D eigenvalue weighted by Crippen LogP contribution is -2.30. The number of hydrogen-bond donors (Lipinski definition) is 1. The molecule has 3 rings (SSSR count). The predicted octanol–water partition coefficient (Wildman–Crippen LogP) is 4.28. The Balaban J connectivity index is 1.64. The highest BCUT2D eigenvalue weighted by molar-refractivity contribution is 5.27.